The monoisotopic (exact) mass is 438 g/mol. The summed E-state index contributed by atoms with van der Waals surface area (Å²) in [6, 6.07) is 12.3. The minimum atomic E-state index is -4.08. The van der Waals surface area contributed by atoms with Crippen LogP contribution in [0.1, 0.15) is 25.5 Å². The van der Waals surface area contributed by atoms with Crippen LogP contribution in [-0.4, -0.2) is 35.6 Å². The number of nitrogens with one attached hydrogen (secondary N) is 1. The molecule has 156 valence electrons. The number of rotatable bonds is 6. The number of nitrogens with zero attached hydrogens (tertiary/aromatic N) is 1. The topological polar surface area (TPSA) is 110 Å². The van der Waals surface area contributed by atoms with E-state index in [-0.39, 0.29) is 22.1 Å². The van der Waals surface area contributed by atoms with E-state index in [0.29, 0.717) is 4.31 Å². The van der Waals surface area contributed by atoms with Crippen LogP contribution in [0.15, 0.2) is 53.4 Å². The average Bonchev–Trinajstić information content (AvgIpc) is 2.88. The van der Waals surface area contributed by atoms with E-state index in [9.17, 15) is 21.6 Å². The average molecular weight is 439 g/mol. The number of carbonyl (C=O) groups is 1. The van der Waals surface area contributed by atoms with Gasteiger partial charge in [0, 0.05) is 6.04 Å². The number of hydrogen-bond donors (Lipinski definition) is 1. The molecule has 0 saturated carbocycles. The van der Waals surface area contributed by atoms with Gasteiger partial charge >= 0.3 is 0 Å². The van der Waals surface area contributed by atoms with Crippen LogP contribution in [0.5, 0.6) is 5.75 Å². The first-order valence-electron chi connectivity index (χ1n) is 8.89. The minimum Gasteiger partial charge on any atom is -0.495 e. The second kappa shape index (κ2) is 7.77. The summed E-state index contributed by atoms with van der Waals surface area (Å²) in [6.45, 7) is 3.21. The molecular formula is C19H22N2O6S2. The Hall–Kier alpha value is -2.43. The molecule has 3 rings (SSSR count). The molecule has 1 aliphatic heterocycles. The predicted molar refractivity (Wildman–Crippen MR) is 109 cm³/mol. The van der Waals surface area contributed by atoms with Crippen molar-refractivity contribution in [2.24, 2.45) is 5.92 Å². The highest BCUT2D eigenvalue weighted by Gasteiger charge is 2.42. The highest BCUT2D eigenvalue weighted by atomic mass is 32.2. The van der Waals surface area contributed by atoms with Gasteiger partial charge in [0.1, 0.15) is 10.6 Å². The maximum atomic E-state index is 13.0. The fourth-order valence-electron chi connectivity index (χ4n) is 3.19. The number of sulfonamides is 2. The van der Waals surface area contributed by atoms with Crippen LogP contribution in [0.4, 0.5) is 5.69 Å². The van der Waals surface area contributed by atoms with Crippen molar-refractivity contribution >= 4 is 31.6 Å². The first kappa shape index (κ1) is 21.3. The lowest BCUT2D eigenvalue weighted by molar-refractivity contribution is -0.119. The van der Waals surface area contributed by atoms with E-state index in [1.807, 2.05) is 6.07 Å². The predicted octanol–water partition coefficient (Wildman–Crippen LogP) is 2.05. The summed E-state index contributed by atoms with van der Waals surface area (Å²) in [6.07, 6.45) is 0. The van der Waals surface area contributed by atoms with Crippen LogP contribution in [-0.2, 0) is 24.8 Å². The molecule has 29 heavy (non-hydrogen) atoms. The quantitative estimate of drug-likeness (QED) is 0.739. The van der Waals surface area contributed by atoms with Gasteiger partial charge in [0.15, 0.2) is 0 Å². The molecule has 0 bridgehead atoms. The minimum absolute atomic E-state index is 0.0344. The molecule has 2 unspecified atom stereocenters. The Bertz CT molecular complexity index is 1130. The first-order chi connectivity index (χ1) is 13.6. The van der Waals surface area contributed by atoms with Crippen LogP contribution in [0.25, 0.3) is 0 Å². The van der Waals surface area contributed by atoms with Gasteiger partial charge in [-0.15, -0.1) is 0 Å². The van der Waals surface area contributed by atoms with Gasteiger partial charge in [-0.1, -0.05) is 37.3 Å². The van der Waals surface area contributed by atoms with E-state index >= 15 is 0 Å². The Morgan fingerprint density at radius 1 is 1.17 bits per heavy atom. The zero-order chi connectivity index (χ0) is 21.4. The Balaban J connectivity index is 2.02. The highest BCUT2D eigenvalue weighted by Crippen LogP contribution is 2.34. The van der Waals surface area contributed by atoms with Gasteiger partial charge in [0.05, 0.1) is 24.5 Å². The van der Waals surface area contributed by atoms with E-state index in [0.717, 1.165) is 11.6 Å². The van der Waals surface area contributed by atoms with Gasteiger partial charge < -0.3 is 4.74 Å². The van der Waals surface area contributed by atoms with Crippen molar-refractivity contribution in [3.63, 3.8) is 0 Å². The van der Waals surface area contributed by atoms with Crippen molar-refractivity contribution in [2.75, 3.05) is 17.2 Å². The van der Waals surface area contributed by atoms with Crippen LogP contribution in [0, 0.1) is 5.92 Å². The van der Waals surface area contributed by atoms with Crippen molar-refractivity contribution in [3.8, 4) is 5.75 Å². The molecule has 0 radical (unpaired) electrons. The van der Waals surface area contributed by atoms with Gasteiger partial charge in [-0.3, -0.25) is 4.79 Å². The molecule has 1 aliphatic rings. The summed E-state index contributed by atoms with van der Waals surface area (Å²) in [7, 11) is -6.62. The summed E-state index contributed by atoms with van der Waals surface area (Å²) in [5.74, 6) is -1.57. The third-order valence-electron chi connectivity index (χ3n) is 4.66. The van der Waals surface area contributed by atoms with Crippen LogP contribution in [0.3, 0.4) is 0 Å². The summed E-state index contributed by atoms with van der Waals surface area (Å²) in [4.78, 5) is 12.1. The van der Waals surface area contributed by atoms with E-state index in [1.54, 1.807) is 31.2 Å². The molecule has 2 atom stereocenters. The number of methoxy groups -OCH3 is 1. The van der Waals surface area contributed by atoms with Crippen LogP contribution < -0.4 is 13.8 Å². The molecule has 2 aromatic rings. The summed E-state index contributed by atoms with van der Waals surface area (Å²) < 4.78 is 59.2. The number of benzene rings is 2. The standard InChI is InChI=1S/C19H22N2O6S2/c1-13-12-28(23,24)21(19(13)22)16-9-10-17(27-3)18(11-16)29(25,26)20-14(2)15-7-5-4-6-8-15/h4-11,13-14,20H,12H2,1-3H3. The SMILES string of the molecule is COc1ccc(N2C(=O)C(C)CS2(=O)=O)cc1S(=O)(=O)NC(C)c1ccccc1. The summed E-state index contributed by atoms with van der Waals surface area (Å²) in [5, 5.41) is 0. The van der Waals surface area contributed by atoms with E-state index in [2.05, 4.69) is 4.72 Å². The lowest BCUT2D eigenvalue weighted by Gasteiger charge is -2.19. The first-order valence-corrected chi connectivity index (χ1v) is 12.0. The molecule has 10 heteroatoms. The van der Waals surface area contributed by atoms with Crippen molar-refractivity contribution in [1.82, 2.24) is 4.72 Å². The van der Waals surface area contributed by atoms with E-state index < -0.39 is 37.9 Å². The maximum absolute atomic E-state index is 13.0. The molecule has 2 aromatic carbocycles. The zero-order valence-electron chi connectivity index (χ0n) is 16.2. The lowest BCUT2D eigenvalue weighted by Crippen LogP contribution is -2.31. The smallest absolute Gasteiger partial charge is 0.244 e. The van der Waals surface area contributed by atoms with Crippen LogP contribution >= 0.6 is 0 Å². The molecule has 0 aromatic heterocycles. The molecule has 1 heterocycles. The van der Waals surface area contributed by atoms with Gasteiger partial charge in [0.25, 0.3) is 0 Å². The molecule has 1 fully saturated rings. The summed E-state index contributed by atoms with van der Waals surface area (Å²) in [5.41, 5.74) is 0.727. The third-order valence-corrected chi connectivity index (χ3v) is 8.09. The Kier molecular flexibility index (Phi) is 5.70. The van der Waals surface area contributed by atoms with Gasteiger partial charge in [-0.05, 0) is 30.7 Å². The molecule has 0 aliphatic carbocycles. The fraction of sp³-hybridized carbons (Fsp3) is 0.316. The number of hydrogen-bond acceptors (Lipinski definition) is 6. The second-order valence-electron chi connectivity index (χ2n) is 6.87. The second-order valence-corrected chi connectivity index (χ2v) is 10.4. The number of ether oxygens (including phenoxy) is 1. The lowest BCUT2D eigenvalue weighted by atomic mass is 10.1. The van der Waals surface area contributed by atoms with Crippen LogP contribution in [0.2, 0.25) is 0 Å². The number of anilines is 1. The number of amides is 1. The van der Waals surface area contributed by atoms with Gasteiger partial charge in [0.2, 0.25) is 26.0 Å². The highest BCUT2D eigenvalue weighted by molar-refractivity contribution is 7.94. The Labute approximate surface area is 170 Å². The Morgan fingerprint density at radius 3 is 2.38 bits per heavy atom. The largest absolute Gasteiger partial charge is 0.495 e. The van der Waals surface area contributed by atoms with Gasteiger partial charge in [-0.25, -0.2) is 25.9 Å². The fourth-order valence-corrected chi connectivity index (χ4v) is 6.43. The van der Waals surface area contributed by atoms with E-state index in [4.69, 9.17) is 4.74 Å². The van der Waals surface area contributed by atoms with E-state index in [1.165, 1.54) is 26.2 Å². The maximum Gasteiger partial charge on any atom is 0.244 e. The molecule has 1 amide bonds. The Morgan fingerprint density at radius 2 is 1.83 bits per heavy atom. The van der Waals surface area contributed by atoms with Crippen molar-refractivity contribution in [3.05, 3.63) is 54.1 Å². The molecule has 1 N–H and O–H groups in total. The van der Waals surface area contributed by atoms with Gasteiger partial charge in [-0.2, -0.15) is 0 Å². The molecule has 1 saturated heterocycles. The van der Waals surface area contributed by atoms with Crippen molar-refractivity contribution < 1.29 is 26.4 Å². The zero-order valence-corrected chi connectivity index (χ0v) is 17.8. The molecular weight excluding hydrogens is 416 g/mol. The molecule has 0 spiro atoms. The number of carbonyl (C=O) groups excluding carboxylic acids is 1. The van der Waals surface area contributed by atoms with Crippen molar-refractivity contribution in [2.45, 2.75) is 24.8 Å². The third kappa shape index (κ3) is 4.14. The summed E-state index contributed by atoms with van der Waals surface area (Å²) >= 11 is 0. The molecule has 8 nitrogen and oxygen atoms in total. The normalized spacial score (nSPS) is 19.9. The van der Waals surface area contributed by atoms with Crippen molar-refractivity contribution in [1.29, 1.82) is 0 Å².